The predicted molar refractivity (Wildman–Crippen MR) is 136 cm³/mol. The number of unbranched alkanes of at least 4 members (excludes halogenated alkanes) is 6. The van der Waals surface area contributed by atoms with E-state index in [1.807, 2.05) is 0 Å². The van der Waals surface area contributed by atoms with Gasteiger partial charge in [0.15, 0.2) is 0 Å². The van der Waals surface area contributed by atoms with Gasteiger partial charge in [0, 0.05) is 5.69 Å². The minimum absolute atomic E-state index is 0.0739. The molecule has 2 N–H and O–H groups in total. The molecule has 0 aliphatic heterocycles. The average molecular weight is 463 g/mol. The molecule has 0 aliphatic rings. The van der Waals surface area contributed by atoms with Crippen LogP contribution in [0.1, 0.15) is 108 Å². The molecule has 1 rings (SSSR count). The topological polar surface area (TPSA) is 78.9 Å². The van der Waals surface area contributed by atoms with Crippen LogP contribution in [0.2, 0.25) is 0 Å². The van der Waals surface area contributed by atoms with Gasteiger partial charge in [-0.25, -0.2) is 9.59 Å². The summed E-state index contributed by atoms with van der Waals surface area (Å²) in [5.74, 6) is -0.329. The van der Waals surface area contributed by atoms with Crippen molar-refractivity contribution in [2.24, 2.45) is 0 Å². The number of amides is 1. The molecule has 1 amide bonds. The summed E-state index contributed by atoms with van der Waals surface area (Å²) < 4.78 is 5.91. The Hall–Kier alpha value is -2.08. The van der Waals surface area contributed by atoms with Crippen LogP contribution in [0.5, 0.6) is 0 Å². The van der Waals surface area contributed by atoms with Crippen molar-refractivity contribution in [1.82, 2.24) is 4.90 Å². The van der Waals surface area contributed by atoms with Gasteiger partial charge in [0.2, 0.25) is 0 Å². The lowest BCUT2D eigenvalue weighted by atomic mass is 10.0. The van der Waals surface area contributed by atoms with Crippen molar-refractivity contribution in [3.05, 3.63) is 29.8 Å². The second-order valence-corrected chi connectivity index (χ2v) is 8.93. The first kappa shape index (κ1) is 29.0. The molecule has 0 aliphatic carbocycles. The summed E-state index contributed by atoms with van der Waals surface area (Å²) in [4.78, 5) is 26.0. The van der Waals surface area contributed by atoms with Gasteiger partial charge >= 0.3 is 12.1 Å². The Labute approximate surface area is 201 Å². The molecular weight excluding hydrogens is 416 g/mol. The van der Waals surface area contributed by atoms with Gasteiger partial charge in [0.25, 0.3) is 0 Å². The molecule has 1 unspecified atom stereocenters. The number of carbonyl (C=O) groups excluding carboxylic acids is 1. The van der Waals surface area contributed by atoms with E-state index < -0.39 is 6.09 Å². The third kappa shape index (κ3) is 13.9. The Morgan fingerprint density at radius 3 is 1.94 bits per heavy atom. The van der Waals surface area contributed by atoms with E-state index in [1.54, 1.807) is 24.3 Å². The number of hydrogen-bond donors (Lipinski definition) is 2. The fourth-order valence-corrected chi connectivity index (χ4v) is 3.91. The summed E-state index contributed by atoms with van der Waals surface area (Å²) in [6, 6.07) is 6.40. The van der Waals surface area contributed by atoms with E-state index in [1.165, 1.54) is 51.4 Å². The molecule has 33 heavy (non-hydrogen) atoms. The van der Waals surface area contributed by atoms with Gasteiger partial charge in [0.1, 0.15) is 6.10 Å². The molecule has 1 aromatic rings. The van der Waals surface area contributed by atoms with Crippen molar-refractivity contribution in [2.75, 3.05) is 25.0 Å². The SMILES string of the molecule is CCCCCCCC(CCCN(CCCC)CCCC)OC(=O)c1ccc(NC(=O)O)cc1. The first-order valence-corrected chi connectivity index (χ1v) is 13.0. The first-order valence-electron chi connectivity index (χ1n) is 13.0. The number of anilines is 1. The van der Waals surface area contributed by atoms with E-state index in [0.29, 0.717) is 11.3 Å². The van der Waals surface area contributed by atoms with Crippen LogP contribution in [0.3, 0.4) is 0 Å². The van der Waals surface area contributed by atoms with Crippen molar-refractivity contribution in [2.45, 2.75) is 104 Å². The van der Waals surface area contributed by atoms with Crippen molar-refractivity contribution >= 4 is 17.7 Å². The number of carboxylic acid groups (broad SMARTS) is 1. The second-order valence-electron chi connectivity index (χ2n) is 8.93. The number of carbonyl (C=O) groups is 2. The molecule has 0 heterocycles. The fraction of sp³-hybridized carbons (Fsp3) is 0.704. The van der Waals surface area contributed by atoms with E-state index in [2.05, 4.69) is 31.0 Å². The third-order valence-electron chi connectivity index (χ3n) is 5.93. The normalized spacial score (nSPS) is 12.0. The van der Waals surface area contributed by atoms with Crippen LogP contribution in [0, 0.1) is 0 Å². The van der Waals surface area contributed by atoms with E-state index >= 15 is 0 Å². The highest BCUT2D eigenvalue weighted by Gasteiger charge is 2.17. The van der Waals surface area contributed by atoms with Crippen LogP contribution >= 0.6 is 0 Å². The van der Waals surface area contributed by atoms with Crippen LogP contribution in [-0.4, -0.2) is 47.8 Å². The maximum Gasteiger partial charge on any atom is 0.409 e. The Kier molecular flexibility index (Phi) is 16.1. The number of esters is 1. The number of ether oxygens (including phenoxy) is 1. The highest BCUT2D eigenvalue weighted by atomic mass is 16.5. The number of benzene rings is 1. The lowest BCUT2D eigenvalue weighted by molar-refractivity contribution is 0.0243. The van der Waals surface area contributed by atoms with E-state index in [9.17, 15) is 9.59 Å². The Morgan fingerprint density at radius 2 is 1.36 bits per heavy atom. The summed E-state index contributed by atoms with van der Waals surface area (Å²) in [7, 11) is 0. The Balaban J connectivity index is 2.63. The van der Waals surface area contributed by atoms with Crippen molar-refractivity contribution < 1.29 is 19.4 Å². The zero-order chi connectivity index (χ0) is 24.3. The molecule has 0 aromatic heterocycles. The van der Waals surface area contributed by atoms with Crippen molar-refractivity contribution in [3.63, 3.8) is 0 Å². The summed E-state index contributed by atoms with van der Waals surface area (Å²) >= 11 is 0. The van der Waals surface area contributed by atoms with E-state index in [0.717, 1.165) is 45.3 Å². The Morgan fingerprint density at radius 1 is 0.818 bits per heavy atom. The van der Waals surface area contributed by atoms with Gasteiger partial charge in [-0.3, -0.25) is 5.32 Å². The molecule has 0 fully saturated rings. The molecule has 6 nitrogen and oxygen atoms in total. The van der Waals surface area contributed by atoms with Gasteiger partial charge < -0.3 is 14.7 Å². The summed E-state index contributed by atoms with van der Waals surface area (Å²) in [5, 5.41) is 11.1. The van der Waals surface area contributed by atoms with Gasteiger partial charge in [-0.2, -0.15) is 0 Å². The zero-order valence-corrected chi connectivity index (χ0v) is 21.1. The summed E-state index contributed by atoms with van der Waals surface area (Å²) in [6.45, 7) is 10.0. The minimum atomic E-state index is -1.12. The van der Waals surface area contributed by atoms with Crippen LogP contribution in [0.25, 0.3) is 0 Å². The lowest BCUT2D eigenvalue weighted by Gasteiger charge is -2.24. The van der Waals surface area contributed by atoms with Gasteiger partial charge in [-0.15, -0.1) is 0 Å². The molecule has 1 aromatic carbocycles. The lowest BCUT2D eigenvalue weighted by Crippen LogP contribution is -2.28. The van der Waals surface area contributed by atoms with Crippen LogP contribution in [0.4, 0.5) is 10.5 Å². The maximum absolute atomic E-state index is 12.7. The molecule has 0 radical (unpaired) electrons. The summed E-state index contributed by atoms with van der Waals surface area (Å²) in [6.07, 6.45) is 12.5. The number of rotatable bonds is 19. The summed E-state index contributed by atoms with van der Waals surface area (Å²) in [5.41, 5.74) is 0.889. The molecular formula is C27H46N2O4. The van der Waals surface area contributed by atoms with E-state index in [-0.39, 0.29) is 12.1 Å². The standard InChI is InChI=1S/C27H46N2O4/c1-4-7-10-11-12-14-25(15-13-22-29(20-8-5-2)21-9-6-3)33-26(30)23-16-18-24(19-17-23)28-27(31)32/h16-19,25,28H,4-15,20-22H2,1-3H3,(H,31,32). The van der Waals surface area contributed by atoms with Crippen LogP contribution in [0.15, 0.2) is 24.3 Å². The van der Waals surface area contributed by atoms with Crippen molar-refractivity contribution in [3.8, 4) is 0 Å². The van der Waals surface area contributed by atoms with E-state index in [4.69, 9.17) is 9.84 Å². The van der Waals surface area contributed by atoms with Crippen LogP contribution < -0.4 is 5.32 Å². The average Bonchev–Trinajstić information content (AvgIpc) is 2.80. The Bertz CT molecular complexity index is 640. The predicted octanol–water partition coefficient (Wildman–Crippen LogP) is 7.34. The highest BCUT2D eigenvalue weighted by molar-refractivity contribution is 5.90. The molecule has 6 heteroatoms. The minimum Gasteiger partial charge on any atom is -0.465 e. The monoisotopic (exact) mass is 462 g/mol. The smallest absolute Gasteiger partial charge is 0.409 e. The largest absolute Gasteiger partial charge is 0.465 e. The molecule has 0 spiro atoms. The molecule has 188 valence electrons. The second kappa shape index (κ2) is 18.4. The molecule has 1 atom stereocenters. The zero-order valence-electron chi connectivity index (χ0n) is 21.1. The number of nitrogens with one attached hydrogen (secondary N) is 1. The molecule has 0 saturated heterocycles. The van der Waals surface area contributed by atoms with Gasteiger partial charge in [-0.1, -0.05) is 59.3 Å². The quantitative estimate of drug-likeness (QED) is 0.166. The molecule has 0 saturated carbocycles. The number of nitrogens with zero attached hydrogens (tertiary/aromatic N) is 1. The van der Waals surface area contributed by atoms with Crippen LogP contribution in [-0.2, 0) is 4.74 Å². The first-order chi connectivity index (χ1) is 16.0. The highest BCUT2D eigenvalue weighted by Crippen LogP contribution is 2.18. The molecule has 0 bridgehead atoms. The van der Waals surface area contributed by atoms with Crippen molar-refractivity contribution in [1.29, 1.82) is 0 Å². The van der Waals surface area contributed by atoms with Gasteiger partial charge in [-0.05, 0) is 82.4 Å². The third-order valence-corrected chi connectivity index (χ3v) is 5.93. The number of hydrogen-bond acceptors (Lipinski definition) is 4. The van der Waals surface area contributed by atoms with Gasteiger partial charge in [0.05, 0.1) is 5.56 Å². The fourth-order valence-electron chi connectivity index (χ4n) is 3.91. The maximum atomic E-state index is 12.7.